The number of nitrogens with one attached hydrogen (secondary N) is 1. The topological polar surface area (TPSA) is 21.3 Å². The summed E-state index contributed by atoms with van der Waals surface area (Å²) in [6.45, 7) is 3.78. The second-order valence-corrected chi connectivity index (χ2v) is 3.13. The first-order valence-corrected chi connectivity index (χ1v) is 4.81. The molecule has 14 heavy (non-hydrogen) atoms. The van der Waals surface area contributed by atoms with Gasteiger partial charge in [0.1, 0.15) is 11.6 Å². The largest absolute Gasteiger partial charge is 0.496 e. The Morgan fingerprint density at radius 3 is 2.86 bits per heavy atom. The van der Waals surface area contributed by atoms with E-state index in [2.05, 4.69) is 12.2 Å². The minimum atomic E-state index is -0.263. The minimum absolute atomic E-state index is 0.263. The number of ether oxygens (including phenoxy) is 1. The van der Waals surface area contributed by atoms with Crippen LogP contribution in [-0.2, 0) is 6.54 Å². The number of rotatable bonds is 5. The lowest BCUT2D eigenvalue weighted by Gasteiger charge is -2.08. The minimum Gasteiger partial charge on any atom is -0.496 e. The van der Waals surface area contributed by atoms with Crippen molar-refractivity contribution in [3.8, 4) is 5.75 Å². The fourth-order valence-corrected chi connectivity index (χ4v) is 1.26. The molecule has 0 saturated heterocycles. The number of methoxy groups -OCH3 is 1. The summed E-state index contributed by atoms with van der Waals surface area (Å²) < 4.78 is 17.9. The Morgan fingerprint density at radius 2 is 2.21 bits per heavy atom. The summed E-state index contributed by atoms with van der Waals surface area (Å²) in [7, 11) is 1.55. The highest BCUT2D eigenvalue weighted by Crippen LogP contribution is 2.18. The maximum absolute atomic E-state index is 12.8. The van der Waals surface area contributed by atoms with Gasteiger partial charge in [-0.3, -0.25) is 0 Å². The molecule has 1 N–H and O–H groups in total. The van der Waals surface area contributed by atoms with Gasteiger partial charge in [0.25, 0.3) is 0 Å². The van der Waals surface area contributed by atoms with Gasteiger partial charge in [-0.1, -0.05) is 13.0 Å². The Morgan fingerprint density at radius 1 is 1.43 bits per heavy atom. The fraction of sp³-hybridized carbons (Fsp3) is 0.455. The van der Waals surface area contributed by atoms with Gasteiger partial charge in [0, 0.05) is 18.2 Å². The Hall–Kier alpha value is -1.09. The van der Waals surface area contributed by atoms with E-state index in [1.807, 2.05) is 0 Å². The number of benzene rings is 1. The summed E-state index contributed by atoms with van der Waals surface area (Å²) in [5, 5.41) is 3.24. The van der Waals surface area contributed by atoms with Gasteiger partial charge in [-0.2, -0.15) is 0 Å². The molecule has 0 spiro atoms. The normalized spacial score (nSPS) is 10.2. The molecule has 1 rings (SSSR count). The van der Waals surface area contributed by atoms with Crippen LogP contribution in [0.5, 0.6) is 5.75 Å². The first-order valence-electron chi connectivity index (χ1n) is 4.81. The smallest absolute Gasteiger partial charge is 0.126 e. The van der Waals surface area contributed by atoms with Crippen LogP contribution < -0.4 is 10.1 Å². The SMILES string of the molecule is CCCNCc1ccc(F)cc1OC. The molecule has 1 aromatic carbocycles. The maximum atomic E-state index is 12.8. The van der Waals surface area contributed by atoms with E-state index in [4.69, 9.17) is 4.74 Å². The fourth-order valence-electron chi connectivity index (χ4n) is 1.26. The second-order valence-electron chi connectivity index (χ2n) is 3.13. The zero-order valence-electron chi connectivity index (χ0n) is 8.64. The molecule has 0 aromatic heterocycles. The molecule has 1 aromatic rings. The van der Waals surface area contributed by atoms with Crippen molar-refractivity contribution in [2.24, 2.45) is 0 Å². The van der Waals surface area contributed by atoms with Crippen molar-refractivity contribution in [1.29, 1.82) is 0 Å². The molecule has 0 aliphatic heterocycles. The first kappa shape index (κ1) is 11.0. The molecule has 0 radical (unpaired) electrons. The predicted octanol–water partition coefficient (Wildman–Crippen LogP) is 2.33. The Bertz CT molecular complexity index is 289. The molecule has 0 fully saturated rings. The van der Waals surface area contributed by atoms with Gasteiger partial charge in [0.2, 0.25) is 0 Å². The van der Waals surface area contributed by atoms with E-state index in [1.54, 1.807) is 13.2 Å². The van der Waals surface area contributed by atoms with Gasteiger partial charge in [-0.05, 0) is 19.0 Å². The van der Waals surface area contributed by atoms with E-state index in [0.717, 1.165) is 25.1 Å². The van der Waals surface area contributed by atoms with Crippen molar-refractivity contribution in [3.05, 3.63) is 29.6 Å². The molecule has 0 atom stereocenters. The van der Waals surface area contributed by atoms with Crippen LogP contribution in [0, 0.1) is 5.82 Å². The lowest BCUT2D eigenvalue weighted by atomic mass is 10.2. The van der Waals surface area contributed by atoms with E-state index in [0.29, 0.717) is 5.75 Å². The van der Waals surface area contributed by atoms with E-state index in [-0.39, 0.29) is 5.82 Å². The number of halogens is 1. The second kappa shape index (κ2) is 5.60. The van der Waals surface area contributed by atoms with Crippen LogP contribution in [0.1, 0.15) is 18.9 Å². The van der Waals surface area contributed by atoms with Gasteiger partial charge >= 0.3 is 0 Å². The summed E-state index contributed by atoms with van der Waals surface area (Å²) in [4.78, 5) is 0. The average Bonchev–Trinajstić information content (AvgIpc) is 2.20. The lowest BCUT2D eigenvalue weighted by molar-refractivity contribution is 0.404. The molecule has 0 aliphatic rings. The molecule has 2 nitrogen and oxygen atoms in total. The van der Waals surface area contributed by atoms with Gasteiger partial charge < -0.3 is 10.1 Å². The third kappa shape index (κ3) is 3.00. The number of hydrogen-bond donors (Lipinski definition) is 1. The van der Waals surface area contributed by atoms with Gasteiger partial charge in [-0.15, -0.1) is 0 Å². The predicted molar refractivity (Wildman–Crippen MR) is 54.9 cm³/mol. The zero-order chi connectivity index (χ0) is 10.4. The zero-order valence-corrected chi connectivity index (χ0v) is 8.64. The summed E-state index contributed by atoms with van der Waals surface area (Å²) >= 11 is 0. The van der Waals surface area contributed by atoms with E-state index >= 15 is 0 Å². The van der Waals surface area contributed by atoms with Gasteiger partial charge in [0.15, 0.2) is 0 Å². The summed E-state index contributed by atoms with van der Waals surface area (Å²) in [6.07, 6.45) is 1.09. The van der Waals surface area contributed by atoms with Crippen molar-refractivity contribution < 1.29 is 9.13 Å². The number of hydrogen-bond acceptors (Lipinski definition) is 2. The molecule has 0 bridgehead atoms. The molecule has 78 valence electrons. The van der Waals surface area contributed by atoms with Crippen molar-refractivity contribution in [2.45, 2.75) is 19.9 Å². The molecule has 0 unspecified atom stereocenters. The quantitative estimate of drug-likeness (QED) is 0.731. The maximum Gasteiger partial charge on any atom is 0.126 e. The van der Waals surface area contributed by atoms with Crippen LogP contribution >= 0.6 is 0 Å². The van der Waals surface area contributed by atoms with E-state index < -0.39 is 0 Å². The van der Waals surface area contributed by atoms with Crippen molar-refractivity contribution in [2.75, 3.05) is 13.7 Å². The molecule has 0 amide bonds. The van der Waals surface area contributed by atoms with Crippen LogP contribution in [-0.4, -0.2) is 13.7 Å². The molecule has 0 aliphatic carbocycles. The lowest BCUT2D eigenvalue weighted by Crippen LogP contribution is -2.14. The Balaban J connectivity index is 2.65. The highest BCUT2D eigenvalue weighted by Gasteiger charge is 2.03. The van der Waals surface area contributed by atoms with E-state index in [1.165, 1.54) is 12.1 Å². The van der Waals surface area contributed by atoms with Gasteiger partial charge in [0.05, 0.1) is 7.11 Å². The molecule has 0 heterocycles. The Labute approximate surface area is 84.1 Å². The summed E-state index contributed by atoms with van der Waals surface area (Å²) in [5.41, 5.74) is 0.988. The summed E-state index contributed by atoms with van der Waals surface area (Å²) in [6, 6.07) is 4.60. The highest BCUT2D eigenvalue weighted by atomic mass is 19.1. The Kier molecular flexibility index (Phi) is 4.40. The average molecular weight is 197 g/mol. The third-order valence-corrected chi connectivity index (χ3v) is 1.99. The van der Waals surface area contributed by atoms with Crippen molar-refractivity contribution in [3.63, 3.8) is 0 Å². The highest BCUT2D eigenvalue weighted by molar-refractivity contribution is 5.33. The van der Waals surface area contributed by atoms with Gasteiger partial charge in [-0.25, -0.2) is 4.39 Å². The van der Waals surface area contributed by atoms with Crippen LogP contribution in [0.2, 0.25) is 0 Å². The van der Waals surface area contributed by atoms with Crippen LogP contribution in [0.25, 0.3) is 0 Å². The third-order valence-electron chi connectivity index (χ3n) is 1.99. The summed E-state index contributed by atoms with van der Waals surface area (Å²) in [5.74, 6) is 0.342. The van der Waals surface area contributed by atoms with Crippen LogP contribution in [0.4, 0.5) is 4.39 Å². The van der Waals surface area contributed by atoms with Crippen molar-refractivity contribution in [1.82, 2.24) is 5.32 Å². The monoisotopic (exact) mass is 197 g/mol. The molecule has 0 saturated carbocycles. The molecular weight excluding hydrogens is 181 g/mol. The van der Waals surface area contributed by atoms with E-state index in [9.17, 15) is 4.39 Å². The van der Waals surface area contributed by atoms with Crippen molar-refractivity contribution >= 4 is 0 Å². The van der Waals surface area contributed by atoms with Crippen LogP contribution in [0.15, 0.2) is 18.2 Å². The molecule has 3 heteroatoms. The standard InChI is InChI=1S/C11H16FNO/c1-3-6-13-8-9-4-5-10(12)7-11(9)14-2/h4-5,7,13H,3,6,8H2,1-2H3. The molecular formula is C11H16FNO. The van der Waals surface area contributed by atoms with Crippen LogP contribution in [0.3, 0.4) is 0 Å². The first-order chi connectivity index (χ1) is 6.77.